The molecule has 180 valence electrons. The Balaban J connectivity index is 1.52. The molecule has 3 aromatic rings. The number of hydrogen-bond acceptors (Lipinski definition) is 6. The van der Waals surface area contributed by atoms with Crippen LogP contribution < -0.4 is 26.4 Å². The van der Waals surface area contributed by atoms with Crippen LogP contribution in [0.25, 0.3) is 11.3 Å². The Morgan fingerprint density at radius 3 is 2.47 bits per heavy atom. The quantitative estimate of drug-likeness (QED) is 0.475. The molecule has 34 heavy (non-hydrogen) atoms. The number of anilines is 1. The third-order valence-corrected chi connectivity index (χ3v) is 5.29. The van der Waals surface area contributed by atoms with E-state index in [-0.39, 0.29) is 29.2 Å². The van der Waals surface area contributed by atoms with Crippen LogP contribution in [-0.2, 0) is 6.18 Å². The van der Waals surface area contributed by atoms with E-state index < -0.39 is 53.5 Å². The van der Waals surface area contributed by atoms with Crippen molar-refractivity contribution in [2.24, 2.45) is 5.92 Å². The van der Waals surface area contributed by atoms with Crippen LogP contribution in [0.5, 0.6) is 5.75 Å². The number of ether oxygens (including phenoxy) is 1. The maximum absolute atomic E-state index is 14.6. The summed E-state index contributed by atoms with van der Waals surface area (Å²) in [6.45, 7) is -1.64. The van der Waals surface area contributed by atoms with Crippen LogP contribution in [-0.4, -0.2) is 45.8 Å². The van der Waals surface area contributed by atoms with E-state index in [4.69, 9.17) is 4.74 Å². The van der Waals surface area contributed by atoms with Crippen LogP contribution in [0.4, 0.5) is 27.6 Å². The van der Waals surface area contributed by atoms with Gasteiger partial charge in [0.25, 0.3) is 17.0 Å². The predicted octanol–water partition coefficient (Wildman–Crippen LogP) is 1.98. The Hall–Kier alpha value is -3.97. The Kier molecular flexibility index (Phi) is 5.75. The molecule has 1 aromatic carbocycles. The molecular weight excluding hydrogens is 469 g/mol. The van der Waals surface area contributed by atoms with Crippen LogP contribution in [0, 0.1) is 5.92 Å². The zero-order valence-electron chi connectivity index (χ0n) is 17.1. The van der Waals surface area contributed by atoms with Crippen LogP contribution in [0.15, 0.2) is 50.9 Å². The molecule has 9 nitrogen and oxygen atoms in total. The first-order valence-corrected chi connectivity index (χ1v) is 9.79. The number of aromatic nitrogens is 4. The van der Waals surface area contributed by atoms with Gasteiger partial charge in [0.2, 0.25) is 0 Å². The predicted molar refractivity (Wildman–Crippen MR) is 109 cm³/mol. The van der Waals surface area contributed by atoms with Crippen molar-refractivity contribution in [1.82, 2.24) is 20.2 Å². The smallest absolute Gasteiger partial charge is 0.416 e. The molecule has 0 amide bonds. The van der Waals surface area contributed by atoms with Gasteiger partial charge in [-0.1, -0.05) is 0 Å². The summed E-state index contributed by atoms with van der Waals surface area (Å²) in [5.41, 5.74) is -3.54. The van der Waals surface area contributed by atoms with Gasteiger partial charge >= 0.3 is 11.9 Å². The molecule has 2 aromatic heterocycles. The highest BCUT2D eigenvalue weighted by molar-refractivity contribution is 5.62. The minimum atomic E-state index is -4.53. The molecular formula is C20H16F5N5O4. The standard InChI is InChI=1S/C20H16F5N5O4/c21-19(22)9-30(7-11(19)8-34-12-3-1-10(2-4-12)20(23,24)25)15-5-14(28-29-17(15)32)13-6-26-18(33)27-16(13)31/h1-6,11H,7-9H2,(H,29,32)(H2,26,27,31,33). The van der Waals surface area contributed by atoms with Crippen molar-refractivity contribution in [1.29, 1.82) is 0 Å². The largest absolute Gasteiger partial charge is 0.493 e. The van der Waals surface area contributed by atoms with E-state index in [1.54, 1.807) is 0 Å². The number of hydrogen-bond donors (Lipinski definition) is 3. The van der Waals surface area contributed by atoms with Gasteiger partial charge in [-0.2, -0.15) is 18.3 Å². The number of aromatic amines is 3. The number of halogens is 5. The van der Waals surface area contributed by atoms with Crippen molar-refractivity contribution in [3.63, 3.8) is 0 Å². The second-order valence-electron chi connectivity index (χ2n) is 7.62. The summed E-state index contributed by atoms with van der Waals surface area (Å²) in [5, 5.41) is 5.87. The highest BCUT2D eigenvalue weighted by Crippen LogP contribution is 2.36. The van der Waals surface area contributed by atoms with E-state index in [0.717, 1.165) is 41.4 Å². The molecule has 0 saturated carbocycles. The van der Waals surface area contributed by atoms with Gasteiger partial charge in [0.05, 0.1) is 35.9 Å². The lowest BCUT2D eigenvalue weighted by Crippen LogP contribution is -2.32. The van der Waals surface area contributed by atoms with Crippen molar-refractivity contribution < 1.29 is 26.7 Å². The molecule has 0 bridgehead atoms. The van der Waals surface area contributed by atoms with Crippen LogP contribution in [0.3, 0.4) is 0 Å². The van der Waals surface area contributed by atoms with Gasteiger partial charge in [0.1, 0.15) is 11.4 Å². The Labute approximate surface area is 186 Å². The summed E-state index contributed by atoms with van der Waals surface area (Å²) in [6, 6.07) is 4.79. The number of rotatable bonds is 5. The summed E-state index contributed by atoms with van der Waals surface area (Å²) < 4.78 is 72.5. The summed E-state index contributed by atoms with van der Waals surface area (Å²) in [6.07, 6.45) is -3.46. The topological polar surface area (TPSA) is 124 Å². The van der Waals surface area contributed by atoms with E-state index in [2.05, 4.69) is 15.2 Å². The van der Waals surface area contributed by atoms with Gasteiger partial charge in [0, 0.05) is 12.7 Å². The lowest BCUT2D eigenvalue weighted by molar-refractivity contribution is -0.137. The minimum Gasteiger partial charge on any atom is -0.493 e. The van der Waals surface area contributed by atoms with Gasteiger partial charge in [-0.3, -0.25) is 14.6 Å². The molecule has 1 atom stereocenters. The number of alkyl halides is 5. The molecule has 3 heterocycles. The average molecular weight is 485 g/mol. The first-order chi connectivity index (χ1) is 15.9. The van der Waals surface area contributed by atoms with Crippen molar-refractivity contribution in [3.05, 3.63) is 73.3 Å². The maximum atomic E-state index is 14.6. The van der Waals surface area contributed by atoms with Crippen LogP contribution in [0.1, 0.15) is 5.56 Å². The third-order valence-electron chi connectivity index (χ3n) is 5.29. The molecule has 4 rings (SSSR count). The van der Waals surface area contributed by atoms with Crippen molar-refractivity contribution in [2.75, 3.05) is 24.6 Å². The zero-order valence-corrected chi connectivity index (χ0v) is 17.1. The van der Waals surface area contributed by atoms with Crippen molar-refractivity contribution >= 4 is 5.69 Å². The number of benzene rings is 1. The fraction of sp³-hybridized carbons (Fsp3) is 0.300. The molecule has 0 radical (unpaired) electrons. The first kappa shape index (κ1) is 23.2. The Morgan fingerprint density at radius 2 is 1.82 bits per heavy atom. The second-order valence-corrected chi connectivity index (χ2v) is 7.62. The molecule has 14 heteroatoms. The average Bonchev–Trinajstić information content (AvgIpc) is 3.06. The molecule has 1 fully saturated rings. The van der Waals surface area contributed by atoms with Crippen molar-refractivity contribution in [3.8, 4) is 17.0 Å². The van der Waals surface area contributed by atoms with E-state index >= 15 is 0 Å². The third kappa shape index (κ3) is 4.70. The second kappa shape index (κ2) is 8.43. The fourth-order valence-electron chi connectivity index (χ4n) is 3.51. The highest BCUT2D eigenvalue weighted by atomic mass is 19.4. The summed E-state index contributed by atoms with van der Waals surface area (Å²) in [7, 11) is 0. The lowest BCUT2D eigenvalue weighted by Gasteiger charge is -2.18. The molecule has 0 aliphatic carbocycles. The summed E-state index contributed by atoms with van der Waals surface area (Å²) >= 11 is 0. The maximum Gasteiger partial charge on any atom is 0.416 e. The van der Waals surface area contributed by atoms with Crippen molar-refractivity contribution in [2.45, 2.75) is 12.1 Å². The molecule has 1 saturated heterocycles. The zero-order chi connectivity index (χ0) is 24.7. The Bertz CT molecular complexity index is 1360. The fourth-order valence-corrected chi connectivity index (χ4v) is 3.51. The molecule has 1 unspecified atom stereocenters. The van der Waals surface area contributed by atoms with Gasteiger partial charge < -0.3 is 14.6 Å². The lowest BCUT2D eigenvalue weighted by atomic mass is 10.1. The number of nitrogens with zero attached hydrogens (tertiary/aromatic N) is 2. The normalized spacial score (nSPS) is 17.7. The molecule has 1 aliphatic heterocycles. The highest BCUT2D eigenvalue weighted by Gasteiger charge is 2.49. The van der Waals surface area contributed by atoms with Gasteiger partial charge in [-0.15, -0.1) is 0 Å². The molecule has 0 spiro atoms. The van der Waals surface area contributed by atoms with E-state index in [0.29, 0.717) is 0 Å². The Morgan fingerprint density at radius 1 is 1.12 bits per heavy atom. The SMILES string of the molecule is O=c1[nH]cc(-c2cc(N3CC(COc4ccc(C(F)(F)F)cc4)C(F)(F)C3)c(=O)[nH]n2)c(=O)[nH]1. The monoisotopic (exact) mass is 485 g/mol. The summed E-state index contributed by atoms with van der Waals surface area (Å²) in [4.78, 5) is 40.8. The van der Waals surface area contributed by atoms with Crippen LogP contribution >= 0.6 is 0 Å². The van der Waals surface area contributed by atoms with E-state index in [9.17, 15) is 36.3 Å². The van der Waals surface area contributed by atoms with Crippen LogP contribution in [0.2, 0.25) is 0 Å². The number of H-pyrrole nitrogens is 3. The first-order valence-electron chi connectivity index (χ1n) is 9.79. The summed E-state index contributed by atoms with van der Waals surface area (Å²) in [5.74, 6) is -4.66. The van der Waals surface area contributed by atoms with Gasteiger partial charge in [-0.25, -0.2) is 18.7 Å². The molecule has 1 aliphatic rings. The van der Waals surface area contributed by atoms with Gasteiger partial charge in [-0.05, 0) is 30.3 Å². The van der Waals surface area contributed by atoms with E-state index in [1.807, 2.05) is 4.98 Å². The van der Waals surface area contributed by atoms with E-state index in [1.165, 1.54) is 0 Å². The molecule has 3 N–H and O–H groups in total. The minimum absolute atomic E-state index is 0.0106. The van der Waals surface area contributed by atoms with Gasteiger partial charge in [0.15, 0.2) is 0 Å². The number of nitrogens with one attached hydrogen (secondary N) is 3.